The molecule has 0 aliphatic heterocycles. The average Bonchev–Trinajstić information content (AvgIpc) is 3.26. The zero-order chi connectivity index (χ0) is 25.6. The molecule has 7 nitrogen and oxygen atoms in total. The normalized spacial score (nSPS) is 18.0. The summed E-state index contributed by atoms with van der Waals surface area (Å²) in [5.74, 6) is -1.52. The minimum atomic E-state index is -4.86. The lowest BCUT2D eigenvalue weighted by Gasteiger charge is -2.24. The molecule has 3 unspecified atom stereocenters. The largest absolute Gasteiger partial charge is 0.573 e. The maximum absolute atomic E-state index is 13.0. The predicted octanol–water partition coefficient (Wildman–Crippen LogP) is 4.62. The molecule has 1 aliphatic rings. The molecule has 35 heavy (non-hydrogen) atoms. The second kappa shape index (κ2) is 11.2. The number of benzene rings is 2. The van der Waals surface area contributed by atoms with Crippen molar-refractivity contribution in [1.82, 2.24) is 5.32 Å². The molecular formula is C25H26F3NO6. The number of carbonyl (C=O) groups is 2. The highest BCUT2D eigenvalue weighted by Crippen LogP contribution is 2.40. The molecule has 0 spiro atoms. The van der Waals surface area contributed by atoms with Crippen LogP contribution in [-0.2, 0) is 9.53 Å². The number of alkyl halides is 3. The summed E-state index contributed by atoms with van der Waals surface area (Å²) in [4.78, 5) is 25.6. The van der Waals surface area contributed by atoms with Crippen LogP contribution in [-0.4, -0.2) is 45.1 Å². The highest BCUT2D eigenvalue weighted by atomic mass is 19.4. The molecule has 3 atom stereocenters. The topological polar surface area (TPSA) is 83.1 Å². The lowest BCUT2D eigenvalue weighted by Crippen LogP contribution is -2.34. The van der Waals surface area contributed by atoms with Crippen molar-refractivity contribution >= 4 is 11.9 Å². The molecule has 0 radical (unpaired) electrons. The van der Waals surface area contributed by atoms with Gasteiger partial charge >= 0.3 is 12.3 Å². The molecule has 0 saturated heterocycles. The van der Waals surface area contributed by atoms with E-state index in [0.717, 1.165) is 12.1 Å². The van der Waals surface area contributed by atoms with Gasteiger partial charge in [-0.25, -0.2) is 0 Å². The molecule has 188 valence electrons. The minimum Gasteiger partial charge on any atom is -0.497 e. The summed E-state index contributed by atoms with van der Waals surface area (Å²) in [7, 11) is 3.01. The van der Waals surface area contributed by atoms with E-state index in [1.807, 2.05) is 6.08 Å². The Hall–Kier alpha value is -3.69. The van der Waals surface area contributed by atoms with E-state index in [1.165, 1.54) is 26.4 Å². The molecule has 1 N–H and O–H groups in total. The van der Waals surface area contributed by atoms with E-state index in [9.17, 15) is 22.8 Å². The second-order valence-electron chi connectivity index (χ2n) is 7.78. The molecule has 0 saturated carbocycles. The van der Waals surface area contributed by atoms with Gasteiger partial charge in [0.1, 0.15) is 17.2 Å². The molecule has 2 aromatic carbocycles. The first kappa shape index (κ1) is 25.9. The third kappa shape index (κ3) is 6.68. The van der Waals surface area contributed by atoms with Gasteiger partial charge in [0.2, 0.25) is 0 Å². The number of halogens is 3. The number of ether oxygens (including phenoxy) is 4. The van der Waals surface area contributed by atoms with Gasteiger partial charge in [0.15, 0.2) is 0 Å². The van der Waals surface area contributed by atoms with Crippen LogP contribution in [0.5, 0.6) is 17.2 Å². The van der Waals surface area contributed by atoms with Crippen LogP contribution < -0.4 is 19.5 Å². The van der Waals surface area contributed by atoms with Crippen molar-refractivity contribution in [2.75, 3.05) is 20.8 Å². The number of esters is 1. The fraction of sp³-hybridized carbons (Fsp3) is 0.360. The van der Waals surface area contributed by atoms with Crippen LogP contribution in [0.1, 0.15) is 35.2 Å². The third-order valence-electron chi connectivity index (χ3n) is 5.50. The van der Waals surface area contributed by atoms with E-state index >= 15 is 0 Å². The second-order valence-corrected chi connectivity index (χ2v) is 7.78. The molecule has 3 rings (SSSR count). The Bertz CT molecular complexity index is 1090. The van der Waals surface area contributed by atoms with Crippen LogP contribution in [0, 0.1) is 5.92 Å². The molecule has 0 fully saturated rings. The van der Waals surface area contributed by atoms with Gasteiger partial charge in [0.25, 0.3) is 5.91 Å². The van der Waals surface area contributed by atoms with Crippen molar-refractivity contribution in [2.45, 2.75) is 31.7 Å². The number of allylic oxidation sites excluding steroid dienone is 1. The van der Waals surface area contributed by atoms with Crippen LogP contribution in [0.4, 0.5) is 13.2 Å². The zero-order valence-corrected chi connectivity index (χ0v) is 19.4. The van der Waals surface area contributed by atoms with Gasteiger partial charge in [0, 0.05) is 17.2 Å². The van der Waals surface area contributed by atoms with Gasteiger partial charge in [-0.1, -0.05) is 18.2 Å². The van der Waals surface area contributed by atoms with Crippen molar-refractivity contribution in [3.63, 3.8) is 0 Å². The predicted molar refractivity (Wildman–Crippen MR) is 121 cm³/mol. The maximum atomic E-state index is 13.0. The summed E-state index contributed by atoms with van der Waals surface area (Å²) in [6, 6.07) is 9.50. The molecular weight excluding hydrogens is 467 g/mol. The first-order valence-electron chi connectivity index (χ1n) is 10.9. The summed E-state index contributed by atoms with van der Waals surface area (Å²) in [5.41, 5.74) is 0.601. The molecule has 2 aromatic rings. The van der Waals surface area contributed by atoms with Gasteiger partial charge in [-0.05, 0) is 55.7 Å². The van der Waals surface area contributed by atoms with Gasteiger partial charge in [0.05, 0.1) is 26.7 Å². The Morgan fingerprint density at radius 3 is 2.49 bits per heavy atom. The Morgan fingerprint density at radius 2 is 1.83 bits per heavy atom. The number of hydrogen-bond acceptors (Lipinski definition) is 6. The molecule has 0 bridgehead atoms. The van der Waals surface area contributed by atoms with E-state index in [4.69, 9.17) is 14.2 Å². The van der Waals surface area contributed by atoms with Crippen LogP contribution in [0.2, 0.25) is 0 Å². The van der Waals surface area contributed by atoms with Crippen LogP contribution in [0.15, 0.2) is 54.6 Å². The number of rotatable bonds is 9. The summed E-state index contributed by atoms with van der Waals surface area (Å²) in [6.07, 6.45) is -0.930. The number of hydrogen-bond donors (Lipinski definition) is 1. The van der Waals surface area contributed by atoms with Crippen LogP contribution >= 0.6 is 0 Å². The summed E-state index contributed by atoms with van der Waals surface area (Å²) in [6.45, 7) is 1.90. The van der Waals surface area contributed by atoms with Gasteiger partial charge in [-0.2, -0.15) is 0 Å². The van der Waals surface area contributed by atoms with E-state index in [1.54, 1.807) is 31.2 Å². The van der Waals surface area contributed by atoms with Crippen molar-refractivity contribution in [2.24, 2.45) is 5.92 Å². The van der Waals surface area contributed by atoms with Gasteiger partial charge in [-0.15, -0.1) is 13.2 Å². The fourth-order valence-electron chi connectivity index (χ4n) is 4.01. The summed E-state index contributed by atoms with van der Waals surface area (Å²) in [5, 5.41) is 2.77. The lowest BCUT2D eigenvalue weighted by molar-refractivity contribution is -0.274. The van der Waals surface area contributed by atoms with Crippen molar-refractivity contribution < 1.29 is 41.7 Å². The molecule has 1 aliphatic carbocycles. The summed E-state index contributed by atoms with van der Waals surface area (Å²) >= 11 is 0. The number of nitrogens with one attached hydrogen (secondary N) is 1. The highest BCUT2D eigenvalue weighted by molar-refractivity contribution is 5.95. The average molecular weight is 493 g/mol. The summed E-state index contributed by atoms with van der Waals surface area (Å²) < 4.78 is 57.5. The highest BCUT2D eigenvalue weighted by Gasteiger charge is 2.36. The van der Waals surface area contributed by atoms with Gasteiger partial charge in [-0.3, -0.25) is 9.59 Å². The Kier molecular flexibility index (Phi) is 8.26. The van der Waals surface area contributed by atoms with E-state index in [-0.39, 0.29) is 18.1 Å². The fourth-order valence-corrected chi connectivity index (χ4v) is 4.01. The molecule has 0 heterocycles. The molecule has 1 amide bonds. The van der Waals surface area contributed by atoms with Crippen molar-refractivity contribution in [3.05, 3.63) is 65.7 Å². The number of amides is 1. The number of methoxy groups -OCH3 is 2. The standard InChI is InChI=1S/C25H26F3NO6/c1-4-34-24(31)22(20-14-18(32-2)10-11-21(20)33-3)15-8-9-17(12-15)29-23(30)16-6-5-7-19(13-16)35-25(26,27)28/h5-11,13-15,17,22H,4,12H2,1-3H3,(H,29,30). The first-order chi connectivity index (χ1) is 16.6. The molecule has 10 heteroatoms. The Labute approximate surface area is 200 Å². The first-order valence-corrected chi connectivity index (χ1v) is 10.9. The monoisotopic (exact) mass is 493 g/mol. The smallest absolute Gasteiger partial charge is 0.497 e. The van der Waals surface area contributed by atoms with Crippen LogP contribution in [0.3, 0.4) is 0 Å². The van der Waals surface area contributed by atoms with Crippen molar-refractivity contribution in [3.8, 4) is 17.2 Å². The van der Waals surface area contributed by atoms with E-state index < -0.39 is 35.9 Å². The number of carbonyl (C=O) groups excluding carboxylic acids is 2. The maximum Gasteiger partial charge on any atom is 0.573 e. The third-order valence-corrected chi connectivity index (χ3v) is 5.50. The van der Waals surface area contributed by atoms with E-state index in [0.29, 0.717) is 23.5 Å². The van der Waals surface area contributed by atoms with Crippen LogP contribution in [0.25, 0.3) is 0 Å². The Morgan fingerprint density at radius 1 is 1.06 bits per heavy atom. The van der Waals surface area contributed by atoms with Gasteiger partial charge < -0.3 is 24.3 Å². The Balaban J connectivity index is 1.77. The zero-order valence-electron chi connectivity index (χ0n) is 19.4. The lowest BCUT2D eigenvalue weighted by atomic mass is 9.84. The van der Waals surface area contributed by atoms with E-state index in [2.05, 4.69) is 10.1 Å². The quantitative estimate of drug-likeness (QED) is 0.405. The minimum absolute atomic E-state index is 0.0139. The molecule has 0 aromatic heterocycles. The van der Waals surface area contributed by atoms with Crippen molar-refractivity contribution in [1.29, 1.82) is 0 Å². The SMILES string of the molecule is CCOC(=O)C(c1cc(OC)ccc1OC)C1C=CC(NC(=O)c2cccc(OC(F)(F)F)c2)C1.